The second-order valence-corrected chi connectivity index (χ2v) is 8.66. The van der Waals surface area contributed by atoms with Crippen LogP contribution in [0.15, 0.2) is 84.9 Å². The molecule has 0 saturated heterocycles. The van der Waals surface area contributed by atoms with Gasteiger partial charge in [0.1, 0.15) is 12.6 Å². The topological polar surface area (TPSA) is 74.6 Å². The Labute approximate surface area is 214 Å². The lowest BCUT2D eigenvalue weighted by atomic mass is 9.80. The van der Waals surface area contributed by atoms with Crippen LogP contribution in [0.3, 0.4) is 0 Å². The molecule has 2 N–H and O–H groups in total. The van der Waals surface area contributed by atoms with Crippen molar-refractivity contribution in [1.29, 1.82) is 0 Å². The largest absolute Gasteiger partial charge is 0.488 e. The Bertz CT molecular complexity index is 1260. The molecule has 4 nitrogen and oxygen atoms in total. The van der Waals surface area contributed by atoms with Crippen LogP contribution in [-0.2, 0) is 0 Å². The van der Waals surface area contributed by atoms with Crippen LogP contribution in [0.4, 0.5) is 0 Å². The van der Waals surface area contributed by atoms with Gasteiger partial charge in [0, 0.05) is 11.1 Å². The fourth-order valence-electron chi connectivity index (χ4n) is 3.45. The molecule has 0 aromatic heterocycles. The minimum atomic E-state index is -1.46. The first kappa shape index (κ1) is 28.4. The monoisotopic (exact) mass is 480 g/mol. The molecule has 0 aliphatic carbocycles. The van der Waals surface area contributed by atoms with E-state index in [1.807, 2.05) is 24.3 Å². The van der Waals surface area contributed by atoms with E-state index in [0.29, 0.717) is 22.9 Å². The molecule has 0 unspecified atom stereocenters. The van der Waals surface area contributed by atoms with Gasteiger partial charge in [-0.05, 0) is 79.0 Å². The summed E-state index contributed by atoms with van der Waals surface area (Å²) in [6.45, 7) is 10.7. The van der Waals surface area contributed by atoms with Gasteiger partial charge in [-0.1, -0.05) is 84.9 Å². The average Bonchev–Trinajstić information content (AvgIpc) is 2.89. The van der Waals surface area contributed by atoms with Crippen LogP contribution in [0.5, 0.6) is 0 Å². The Morgan fingerprint density at radius 3 is 1.39 bits per heavy atom. The van der Waals surface area contributed by atoms with E-state index >= 15 is 0 Å². The number of rotatable bonds is 4. The maximum atomic E-state index is 10.6. The van der Waals surface area contributed by atoms with Crippen molar-refractivity contribution >= 4 is 25.2 Å². The molecular formula is C31H33BO4. The van der Waals surface area contributed by atoms with Gasteiger partial charge < -0.3 is 10.0 Å². The Balaban J connectivity index is 0.000000200. The third kappa shape index (κ3) is 8.16. The minimum Gasteiger partial charge on any atom is -0.423 e. The molecule has 4 aromatic rings. The van der Waals surface area contributed by atoms with Crippen LogP contribution >= 0.6 is 0 Å². The zero-order valence-corrected chi connectivity index (χ0v) is 21.5. The van der Waals surface area contributed by atoms with Gasteiger partial charge in [-0.3, -0.25) is 9.59 Å². The molecule has 0 saturated carbocycles. The zero-order valence-electron chi connectivity index (χ0n) is 21.5. The quantitative estimate of drug-likeness (QED) is 0.296. The van der Waals surface area contributed by atoms with Crippen LogP contribution in [0.2, 0.25) is 0 Å². The van der Waals surface area contributed by atoms with Crippen molar-refractivity contribution in [3.05, 3.63) is 124 Å². The normalized spacial score (nSPS) is 9.75. The Hall–Kier alpha value is -3.80. The third-order valence-corrected chi connectivity index (χ3v) is 6.21. The minimum absolute atomic E-state index is 0.385. The van der Waals surface area contributed by atoms with E-state index in [1.165, 1.54) is 57.6 Å². The molecule has 5 heteroatoms. The molecule has 4 aromatic carbocycles. The first-order valence-corrected chi connectivity index (χ1v) is 11.7. The molecule has 184 valence electrons. The number of benzene rings is 4. The number of aryl methyl sites for hydroxylation is 3. The number of hydrogen-bond donors (Lipinski definition) is 2. The third-order valence-electron chi connectivity index (χ3n) is 6.21. The van der Waals surface area contributed by atoms with Crippen LogP contribution < -0.4 is 5.46 Å². The zero-order chi connectivity index (χ0) is 26.7. The fourth-order valence-corrected chi connectivity index (χ4v) is 3.45. The lowest BCUT2D eigenvalue weighted by Gasteiger charge is -2.08. The van der Waals surface area contributed by atoms with Gasteiger partial charge >= 0.3 is 7.12 Å². The first-order chi connectivity index (χ1) is 17.2. The first-order valence-electron chi connectivity index (χ1n) is 11.7. The van der Waals surface area contributed by atoms with Crippen molar-refractivity contribution in [3.63, 3.8) is 0 Å². The van der Waals surface area contributed by atoms with E-state index in [2.05, 4.69) is 71.0 Å². The highest BCUT2D eigenvalue weighted by Crippen LogP contribution is 2.25. The molecule has 0 amide bonds. The van der Waals surface area contributed by atoms with Crippen molar-refractivity contribution in [1.82, 2.24) is 0 Å². The summed E-state index contributed by atoms with van der Waals surface area (Å²) in [5.41, 5.74) is 10.8. The Kier molecular flexibility index (Phi) is 11.0. The Morgan fingerprint density at radius 2 is 0.972 bits per heavy atom. The van der Waals surface area contributed by atoms with Crippen molar-refractivity contribution < 1.29 is 19.6 Å². The number of aldehydes is 2. The summed E-state index contributed by atoms with van der Waals surface area (Å²) in [7, 11) is -1.46. The molecule has 0 spiro atoms. The van der Waals surface area contributed by atoms with E-state index in [1.54, 1.807) is 0 Å². The van der Waals surface area contributed by atoms with Crippen molar-refractivity contribution in [2.24, 2.45) is 0 Å². The standard InChI is InChI=1S/C15H14O.C9H12.C7H7BO3/c1-11-4-3-5-15(12(11)2)14-8-6-13(10-16)7-9-14;1-7-5-4-6-8(2)9(7)3;9-5-6-1-3-7(4-2-6)8(10)11/h3-10H,1-2H3;4-6H,1-3H3;1-5,10-11H. The number of carbonyl (C=O) groups is 2. The van der Waals surface area contributed by atoms with Crippen molar-refractivity contribution in [2.75, 3.05) is 0 Å². The second kappa shape index (κ2) is 13.9. The molecule has 0 aliphatic rings. The highest BCUT2D eigenvalue weighted by Gasteiger charge is 2.09. The summed E-state index contributed by atoms with van der Waals surface area (Å²) >= 11 is 0. The van der Waals surface area contributed by atoms with Gasteiger partial charge in [-0.2, -0.15) is 0 Å². The van der Waals surface area contributed by atoms with Crippen molar-refractivity contribution in [3.8, 4) is 11.1 Å². The van der Waals surface area contributed by atoms with E-state index in [-0.39, 0.29) is 0 Å². The molecule has 0 aliphatic heterocycles. The molecule has 4 rings (SSSR count). The molecular weight excluding hydrogens is 447 g/mol. The van der Waals surface area contributed by atoms with Crippen LogP contribution in [-0.4, -0.2) is 29.7 Å². The summed E-state index contributed by atoms with van der Waals surface area (Å²) in [6.07, 6.45) is 1.57. The van der Waals surface area contributed by atoms with Gasteiger partial charge in [0.05, 0.1) is 0 Å². The molecule has 0 heterocycles. The van der Waals surface area contributed by atoms with E-state index in [9.17, 15) is 9.59 Å². The van der Waals surface area contributed by atoms with Gasteiger partial charge in [0.2, 0.25) is 0 Å². The summed E-state index contributed by atoms with van der Waals surface area (Å²) in [6, 6.07) is 26.4. The van der Waals surface area contributed by atoms with Crippen LogP contribution in [0.1, 0.15) is 48.5 Å². The average molecular weight is 480 g/mol. The lowest BCUT2D eigenvalue weighted by Crippen LogP contribution is -2.29. The van der Waals surface area contributed by atoms with Gasteiger partial charge in [0.15, 0.2) is 0 Å². The highest BCUT2D eigenvalue weighted by molar-refractivity contribution is 6.58. The predicted molar refractivity (Wildman–Crippen MR) is 149 cm³/mol. The Morgan fingerprint density at radius 1 is 0.556 bits per heavy atom. The van der Waals surface area contributed by atoms with E-state index < -0.39 is 7.12 Å². The summed E-state index contributed by atoms with van der Waals surface area (Å²) in [4.78, 5) is 20.7. The van der Waals surface area contributed by atoms with Gasteiger partial charge in [-0.25, -0.2) is 0 Å². The molecule has 0 fully saturated rings. The molecule has 36 heavy (non-hydrogen) atoms. The van der Waals surface area contributed by atoms with E-state index in [0.717, 1.165) is 11.8 Å². The lowest BCUT2D eigenvalue weighted by molar-refractivity contribution is 0.111. The number of carbonyl (C=O) groups excluding carboxylic acids is 2. The van der Waals surface area contributed by atoms with Crippen molar-refractivity contribution in [2.45, 2.75) is 34.6 Å². The van der Waals surface area contributed by atoms with Gasteiger partial charge in [-0.15, -0.1) is 0 Å². The molecule has 0 radical (unpaired) electrons. The maximum absolute atomic E-state index is 10.6. The van der Waals surface area contributed by atoms with Crippen LogP contribution in [0, 0.1) is 34.6 Å². The molecule has 0 bridgehead atoms. The molecule has 0 atom stereocenters. The predicted octanol–water partition coefficient (Wildman–Crippen LogP) is 5.57. The fraction of sp³-hybridized carbons (Fsp3) is 0.161. The number of hydrogen-bond acceptors (Lipinski definition) is 4. The second-order valence-electron chi connectivity index (χ2n) is 8.66. The van der Waals surface area contributed by atoms with E-state index in [4.69, 9.17) is 10.0 Å². The summed E-state index contributed by atoms with van der Waals surface area (Å²) in [5, 5.41) is 17.3. The maximum Gasteiger partial charge on any atom is 0.488 e. The smallest absolute Gasteiger partial charge is 0.423 e. The SMILES string of the molecule is Cc1cccc(-c2ccc(C=O)cc2)c1C.Cc1cccc(C)c1C.O=Cc1ccc(B(O)O)cc1. The summed E-state index contributed by atoms with van der Waals surface area (Å²) in [5.74, 6) is 0. The van der Waals surface area contributed by atoms with Gasteiger partial charge in [0.25, 0.3) is 0 Å². The summed E-state index contributed by atoms with van der Waals surface area (Å²) < 4.78 is 0. The van der Waals surface area contributed by atoms with Crippen LogP contribution in [0.25, 0.3) is 11.1 Å². The highest BCUT2D eigenvalue weighted by atomic mass is 16.4.